The first-order chi connectivity index (χ1) is 8.16. The smallest absolute Gasteiger partial charge is 0.227 e. The van der Waals surface area contributed by atoms with Crippen LogP contribution in [0, 0.1) is 11.7 Å². The lowest BCUT2D eigenvalue weighted by Gasteiger charge is -2.17. The van der Waals surface area contributed by atoms with Crippen molar-refractivity contribution in [2.75, 3.05) is 5.32 Å². The Bertz CT molecular complexity index is 459. The molecule has 0 heterocycles. The number of hydrogen-bond acceptors (Lipinski definition) is 1. The highest BCUT2D eigenvalue weighted by atomic mass is 35.5. The van der Waals surface area contributed by atoms with Gasteiger partial charge in [0.1, 0.15) is 5.82 Å². The number of hydrogen-bond donors (Lipinski definition) is 1. The molecule has 90 valence electrons. The van der Waals surface area contributed by atoms with Gasteiger partial charge in [-0.25, -0.2) is 4.39 Å². The van der Waals surface area contributed by atoms with Gasteiger partial charge in [-0.15, -0.1) is 0 Å². The molecule has 2 nitrogen and oxygen atoms in total. The monoisotopic (exact) mass is 253 g/mol. The van der Waals surface area contributed by atoms with E-state index >= 15 is 0 Å². The summed E-state index contributed by atoms with van der Waals surface area (Å²) in [6.07, 6.45) is 6.62. The summed E-state index contributed by atoms with van der Waals surface area (Å²) in [5.74, 6) is -0.474. The molecule has 0 saturated carbocycles. The number of halogens is 2. The van der Waals surface area contributed by atoms with Crippen molar-refractivity contribution in [2.24, 2.45) is 5.92 Å². The van der Waals surface area contributed by atoms with Gasteiger partial charge in [-0.05, 0) is 37.5 Å². The van der Waals surface area contributed by atoms with Gasteiger partial charge in [0, 0.05) is 5.92 Å². The van der Waals surface area contributed by atoms with E-state index in [1.54, 1.807) is 0 Å². The minimum Gasteiger partial charge on any atom is -0.325 e. The fourth-order valence-corrected chi connectivity index (χ4v) is 2.07. The molecule has 0 fully saturated rings. The maximum Gasteiger partial charge on any atom is 0.227 e. The molecule has 1 N–H and O–H groups in total. The van der Waals surface area contributed by atoms with Crippen LogP contribution in [0.1, 0.15) is 19.3 Å². The first kappa shape index (κ1) is 12.1. The molecule has 0 saturated heterocycles. The van der Waals surface area contributed by atoms with Gasteiger partial charge >= 0.3 is 0 Å². The van der Waals surface area contributed by atoms with E-state index in [9.17, 15) is 9.18 Å². The number of benzene rings is 1. The van der Waals surface area contributed by atoms with E-state index < -0.39 is 5.82 Å². The molecular formula is C13H13ClFNO. The van der Waals surface area contributed by atoms with E-state index in [0.29, 0.717) is 5.69 Å². The van der Waals surface area contributed by atoms with Gasteiger partial charge in [-0.2, -0.15) is 0 Å². The van der Waals surface area contributed by atoms with Crippen LogP contribution in [0.15, 0.2) is 30.4 Å². The Labute approximate surface area is 104 Å². The van der Waals surface area contributed by atoms with Crippen LogP contribution < -0.4 is 5.32 Å². The van der Waals surface area contributed by atoms with Crippen LogP contribution in [-0.2, 0) is 4.79 Å². The van der Waals surface area contributed by atoms with Gasteiger partial charge < -0.3 is 5.32 Å². The average molecular weight is 254 g/mol. The van der Waals surface area contributed by atoms with Crippen LogP contribution in [0.25, 0.3) is 0 Å². The Morgan fingerprint density at radius 1 is 1.41 bits per heavy atom. The number of allylic oxidation sites excluding steroid dienone is 2. The van der Waals surface area contributed by atoms with Gasteiger partial charge in [0.2, 0.25) is 5.91 Å². The Kier molecular flexibility index (Phi) is 3.79. The van der Waals surface area contributed by atoms with Gasteiger partial charge in [-0.3, -0.25) is 4.79 Å². The van der Waals surface area contributed by atoms with Crippen LogP contribution in [0.3, 0.4) is 0 Å². The van der Waals surface area contributed by atoms with Crippen molar-refractivity contribution in [1.82, 2.24) is 0 Å². The molecule has 1 unspecified atom stereocenters. The highest BCUT2D eigenvalue weighted by Crippen LogP contribution is 2.25. The SMILES string of the molecule is O=C(Nc1ccc(F)cc1Cl)C1CC=CCC1. The number of carbonyl (C=O) groups excluding carboxylic acids is 1. The second-order valence-electron chi connectivity index (χ2n) is 4.09. The predicted molar refractivity (Wildman–Crippen MR) is 66.5 cm³/mol. The van der Waals surface area contributed by atoms with Crippen molar-refractivity contribution in [3.8, 4) is 0 Å². The van der Waals surface area contributed by atoms with E-state index in [-0.39, 0.29) is 16.8 Å². The zero-order valence-electron chi connectivity index (χ0n) is 9.25. The van der Waals surface area contributed by atoms with Crippen LogP contribution >= 0.6 is 11.6 Å². The molecule has 0 bridgehead atoms. The normalized spacial score (nSPS) is 19.1. The third-order valence-corrected chi connectivity index (χ3v) is 3.14. The fraction of sp³-hybridized carbons (Fsp3) is 0.308. The van der Waals surface area contributed by atoms with Crippen molar-refractivity contribution in [1.29, 1.82) is 0 Å². The van der Waals surface area contributed by atoms with Crippen molar-refractivity contribution in [3.05, 3.63) is 41.2 Å². The van der Waals surface area contributed by atoms with Crippen molar-refractivity contribution < 1.29 is 9.18 Å². The second kappa shape index (κ2) is 5.32. The lowest BCUT2D eigenvalue weighted by molar-refractivity contribution is -0.120. The standard InChI is InChI=1S/C13H13ClFNO/c14-11-8-10(15)6-7-12(11)16-13(17)9-4-2-1-3-5-9/h1-2,6-9H,3-5H2,(H,16,17). The van der Waals surface area contributed by atoms with Crippen LogP contribution in [0.4, 0.5) is 10.1 Å². The molecule has 4 heteroatoms. The molecule has 0 radical (unpaired) electrons. The second-order valence-corrected chi connectivity index (χ2v) is 4.50. The van der Waals surface area contributed by atoms with Crippen molar-refractivity contribution in [3.63, 3.8) is 0 Å². The largest absolute Gasteiger partial charge is 0.325 e. The zero-order valence-corrected chi connectivity index (χ0v) is 10.0. The Balaban J connectivity index is 2.05. The number of amides is 1. The average Bonchev–Trinajstić information content (AvgIpc) is 2.34. The van der Waals surface area contributed by atoms with E-state index in [2.05, 4.69) is 11.4 Å². The fourth-order valence-electron chi connectivity index (χ4n) is 1.86. The molecule has 1 atom stereocenters. The van der Waals surface area contributed by atoms with Crippen LogP contribution in [0.5, 0.6) is 0 Å². The molecule has 1 aromatic rings. The van der Waals surface area contributed by atoms with Crippen LogP contribution in [0.2, 0.25) is 5.02 Å². The maximum absolute atomic E-state index is 12.8. The topological polar surface area (TPSA) is 29.1 Å². The predicted octanol–water partition coefficient (Wildman–Crippen LogP) is 3.77. The first-order valence-electron chi connectivity index (χ1n) is 5.58. The third-order valence-electron chi connectivity index (χ3n) is 2.83. The highest BCUT2D eigenvalue weighted by Gasteiger charge is 2.19. The summed E-state index contributed by atoms with van der Waals surface area (Å²) in [4.78, 5) is 11.9. The Morgan fingerprint density at radius 3 is 2.88 bits per heavy atom. The summed E-state index contributed by atoms with van der Waals surface area (Å²) in [7, 11) is 0. The van der Waals surface area contributed by atoms with Gasteiger partial charge in [-0.1, -0.05) is 23.8 Å². The minimum atomic E-state index is -0.409. The quantitative estimate of drug-likeness (QED) is 0.799. The van der Waals surface area contributed by atoms with E-state index in [1.807, 2.05) is 6.08 Å². The lowest BCUT2D eigenvalue weighted by atomic mass is 9.93. The summed E-state index contributed by atoms with van der Waals surface area (Å²) in [5.41, 5.74) is 0.465. The van der Waals surface area contributed by atoms with Crippen LogP contribution in [-0.4, -0.2) is 5.91 Å². The lowest BCUT2D eigenvalue weighted by Crippen LogP contribution is -2.23. The molecule has 0 spiro atoms. The molecule has 2 rings (SSSR count). The molecule has 0 aliphatic heterocycles. The first-order valence-corrected chi connectivity index (χ1v) is 5.95. The van der Waals surface area contributed by atoms with E-state index in [0.717, 1.165) is 19.3 Å². The van der Waals surface area contributed by atoms with Gasteiger partial charge in [0.15, 0.2) is 0 Å². The molecule has 17 heavy (non-hydrogen) atoms. The maximum atomic E-state index is 12.8. The molecule has 1 aliphatic carbocycles. The number of rotatable bonds is 2. The zero-order chi connectivity index (χ0) is 12.3. The Morgan fingerprint density at radius 2 is 2.24 bits per heavy atom. The summed E-state index contributed by atoms with van der Waals surface area (Å²) < 4.78 is 12.8. The number of anilines is 1. The Hall–Kier alpha value is -1.35. The third kappa shape index (κ3) is 3.07. The van der Waals surface area contributed by atoms with E-state index in [4.69, 9.17) is 11.6 Å². The summed E-state index contributed by atoms with van der Waals surface area (Å²) in [6.45, 7) is 0. The summed E-state index contributed by atoms with van der Waals surface area (Å²) in [5, 5.41) is 2.96. The number of nitrogens with one attached hydrogen (secondary N) is 1. The molecule has 1 amide bonds. The summed E-state index contributed by atoms with van der Waals surface area (Å²) in [6, 6.07) is 3.95. The minimum absolute atomic E-state index is 0.0129. The van der Waals surface area contributed by atoms with E-state index in [1.165, 1.54) is 18.2 Å². The number of carbonyl (C=O) groups is 1. The molecule has 1 aliphatic rings. The van der Waals surface area contributed by atoms with Crippen molar-refractivity contribution >= 4 is 23.2 Å². The molecular weight excluding hydrogens is 241 g/mol. The van der Waals surface area contributed by atoms with Gasteiger partial charge in [0.25, 0.3) is 0 Å². The highest BCUT2D eigenvalue weighted by molar-refractivity contribution is 6.33. The van der Waals surface area contributed by atoms with Crippen molar-refractivity contribution in [2.45, 2.75) is 19.3 Å². The molecule has 1 aromatic carbocycles. The summed E-state index contributed by atoms with van der Waals surface area (Å²) >= 11 is 5.84. The molecule has 0 aromatic heterocycles. The van der Waals surface area contributed by atoms with Gasteiger partial charge in [0.05, 0.1) is 10.7 Å².